The van der Waals surface area contributed by atoms with Crippen LogP contribution >= 0.6 is 31.9 Å². The van der Waals surface area contributed by atoms with E-state index in [2.05, 4.69) is 43.2 Å². The van der Waals surface area contributed by atoms with E-state index in [1.54, 1.807) is 13.2 Å². The third kappa shape index (κ3) is 3.85. The fourth-order valence-corrected chi connectivity index (χ4v) is 5.66. The molecule has 1 aromatic heterocycles. The van der Waals surface area contributed by atoms with Crippen LogP contribution in [0.1, 0.15) is 10.4 Å². The molecule has 176 valence electrons. The summed E-state index contributed by atoms with van der Waals surface area (Å²) in [7, 11) is 1.56. The number of hydrogen-bond donors (Lipinski definition) is 1. The van der Waals surface area contributed by atoms with E-state index in [0.29, 0.717) is 34.0 Å². The summed E-state index contributed by atoms with van der Waals surface area (Å²) in [6.45, 7) is 0. The molecule has 0 unspecified atom stereocenters. The molecule has 0 aliphatic heterocycles. The molecule has 0 radical (unpaired) electrons. The molecule has 36 heavy (non-hydrogen) atoms. The third-order valence-electron chi connectivity index (χ3n) is 6.13. The Labute approximate surface area is 223 Å². The fraction of sp³-hybridized carbons (Fsp3) is 0.0345. The lowest BCUT2D eigenvalue weighted by Gasteiger charge is -2.13. The quantitative estimate of drug-likeness (QED) is 0.220. The largest absolute Gasteiger partial charge is 0.495 e. The highest BCUT2D eigenvalue weighted by Gasteiger charge is 2.19. The normalized spacial score (nSPS) is 11.3. The Hall–Kier alpha value is -3.68. The van der Waals surface area contributed by atoms with Crippen molar-refractivity contribution in [3.05, 3.63) is 99.4 Å². The summed E-state index contributed by atoms with van der Waals surface area (Å²) in [5.74, 6) is 0.732. The van der Waals surface area contributed by atoms with Gasteiger partial charge in [-0.3, -0.25) is 4.79 Å². The molecule has 0 aliphatic carbocycles. The zero-order valence-electron chi connectivity index (χ0n) is 19.0. The van der Waals surface area contributed by atoms with E-state index in [1.807, 2.05) is 72.8 Å². The first-order valence-electron chi connectivity index (χ1n) is 11.2. The molecule has 6 aromatic rings. The van der Waals surface area contributed by atoms with Crippen molar-refractivity contribution >= 4 is 76.1 Å². The number of carbonyl (C=O) groups is 1. The lowest BCUT2D eigenvalue weighted by Crippen LogP contribution is -2.13. The van der Waals surface area contributed by atoms with Crippen molar-refractivity contribution in [1.29, 1.82) is 0 Å². The van der Waals surface area contributed by atoms with Gasteiger partial charge in [-0.2, -0.15) is 0 Å². The van der Waals surface area contributed by atoms with Crippen molar-refractivity contribution in [1.82, 2.24) is 4.98 Å². The number of fused-ring (bicyclic) bond motifs is 3. The van der Waals surface area contributed by atoms with Crippen LogP contribution in [0.4, 0.5) is 5.69 Å². The van der Waals surface area contributed by atoms with E-state index >= 15 is 0 Å². The number of methoxy groups -OCH3 is 1. The maximum absolute atomic E-state index is 13.3. The first-order chi connectivity index (χ1) is 17.5. The first kappa shape index (κ1) is 22.8. The lowest BCUT2D eigenvalue weighted by atomic mass is 10.0. The molecular weight excluding hydrogens is 584 g/mol. The number of carbonyl (C=O) groups excluding carboxylic acids is 1. The van der Waals surface area contributed by atoms with Crippen molar-refractivity contribution in [3.8, 4) is 17.2 Å². The van der Waals surface area contributed by atoms with Gasteiger partial charge >= 0.3 is 0 Å². The highest BCUT2D eigenvalue weighted by Crippen LogP contribution is 2.37. The smallest absolute Gasteiger partial charge is 0.259 e. The summed E-state index contributed by atoms with van der Waals surface area (Å²) in [5, 5.41) is 7.02. The summed E-state index contributed by atoms with van der Waals surface area (Å²) in [6, 6.07) is 27.2. The van der Waals surface area contributed by atoms with Crippen LogP contribution in [0, 0.1) is 0 Å². The number of hydrogen-bond acceptors (Lipinski definition) is 4. The highest BCUT2D eigenvalue weighted by atomic mass is 79.9. The van der Waals surface area contributed by atoms with E-state index in [1.165, 1.54) is 0 Å². The van der Waals surface area contributed by atoms with E-state index in [0.717, 1.165) is 36.1 Å². The van der Waals surface area contributed by atoms with Crippen molar-refractivity contribution in [2.75, 3.05) is 12.4 Å². The van der Waals surface area contributed by atoms with E-state index in [4.69, 9.17) is 14.1 Å². The average molecular weight is 602 g/mol. The summed E-state index contributed by atoms with van der Waals surface area (Å²) in [6.07, 6.45) is 0. The lowest BCUT2D eigenvalue weighted by molar-refractivity contribution is 0.102. The van der Waals surface area contributed by atoms with E-state index in [-0.39, 0.29) is 5.91 Å². The SMILES string of the molecule is COc1c(C(=O)Nc2ccc3oc(-c4cccc5c(Br)cccc45)nc3c2)cc2ccccc2c1Br. The van der Waals surface area contributed by atoms with Crippen LogP contribution in [0.25, 0.3) is 44.1 Å². The molecule has 0 saturated carbocycles. The number of ether oxygens (including phenoxy) is 1. The first-order valence-corrected chi connectivity index (χ1v) is 12.8. The Morgan fingerprint density at radius 1 is 0.889 bits per heavy atom. The van der Waals surface area contributed by atoms with Crippen molar-refractivity contribution in [2.45, 2.75) is 0 Å². The zero-order chi connectivity index (χ0) is 24.8. The standard InChI is InChI=1S/C29H18Br2N2O3/c1-35-27-22(14-16-6-2-3-7-18(16)26(27)31)28(34)32-17-12-13-25-24(15-17)33-29(36-25)21-10-4-9-20-19(21)8-5-11-23(20)30/h2-15H,1H3,(H,32,34). The minimum Gasteiger partial charge on any atom is -0.495 e. The molecule has 1 heterocycles. The predicted molar refractivity (Wildman–Crippen MR) is 151 cm³/mol. The van der Waals surface area contributed by atoms with Gasteiger partial charge in [0.15, 0.2) is 5.58 Å². The highest BCUT2D eigenvalue weighted by molar-refractivity contribution is 9.11. The monoisotopic (exact) mass is 600 g/mol. The minimum atomic E-state index is -0.278. The Kier molecular flexibility index (Phi) is 5.74. The molecule has 1 amide bonds. The maximum Gasteiger partial charge on any atom is 0.259 e. The van der Waals surface area contributed by atoms with Gasteiger partial charge in [-0.1, -0.05) is 64.5 Å². The average Bonchev–Trinajstić information content (AvgIpc) is 3.32. The molecule has 1 N–H and O–H groups in total. The van der Waals surface area contributed by atoms with Gasteiger partial charge in [0.25, 0.3) is 5.91 Å². The van der Waals surface area contributed by atoms with Crippen LogP contribution in [-0.4, -0.2) is 18.0 Å². The number of amides is 1. The van der Waals surface area contributed by atoms with E-state index < -0.39 is 0 Å². The molecule has 0 spiro atoms. The number of nitrogens with one attached hydrogen (secondary N) is 1. The van der Waals surface area contributed by atoms with Gasteiger partial charge in [-0.25, -0.2) is 4.98 Å². The van der Waals surface area contributed by atoms with Crippen molar-refractivity contribution in [3.63, 3.8) is 0 Å². The fourth-order valence-electron chi connectivity index (χ4n) is 4.43. The number of halogens is 2. The third-order valence-corrected chi connectivity index (χ3v) is 7.61. The molecule has 5 nitrogen and oxygen atoms in total. The minimum absolute atomic E-state index is 0.278. The molecule has 0 saturated heterocycles. The second-order valence-electron chi connectivity index (χ2n) is 8.29. The van der Waals surface area contributed by atoms with Crippen LogP contribution in [0.3, 0.4) is 0 Å². The summed E-state index contributed by atoms with van der Waals surface area (Å²) in [5.41, 5.74) is 3.24. The Morgan fingerprint density at radius 2 is 1.67 bits per heavy atom. The molecule has 0 atom stereocenters. The Balaban J connectivity index is 1.36. The van der Waals surface area contributed by atoms with Gasteiger partial charge in [-0.05, 0) is 73.9 Å². The predicted octanol–water partition coefficient (Wildman–Crippen LogP) is 8.59. The maximum atomic E-state index is 13.3. The zero-order valence-corrected chi connectivity index (χ0v) is 22.2. The van der Waals surface area contributed by atoms with Gasteiger partial charge in [-0.15, -0.1) is 0 Å². The van der Waals surface area contributed by atoms with Gasteiger partial charge in [0.05, 0.1) is 17.1 Å². The van der Waals surface area contributed by atoms with E-state index in [9.17, 15) is 4.79 Å². The number of anilines is 1. The molecule has 6 rings (SSSR count). The van der Waals surface area contributed by atoms with Crippen LogP contribution in [0.5, 0.6) is 5.75 Å². The van der Waals surface area contributed by atoms with Gasteiger partial charge < -0.3 is 14.5 Å². The second-order valence-corrected chi connectivity index (χ2v) is 9.94. The Morgan fingerprint density at radius 3 is 2.53 bits per heavy atom. The molecule has 0 bridgehead atoms. The number of oxazole rings is 1. The molecule has 5 aromatic carbocycles. The Bertz CT molecular complexity index is 1810. The molecule has 0 aliphatic rings. The number of rotatable bonds is 4. The van der Waals surface area contributed by atoms with Gasteiger partial charge in [0.2, 0.25) is 5.89 Å². The van der Waals surface area contributed by atoms with Crippen molar-refractivity contribution in [2.24, 2.45) is 0 Å². The second kappa shape index (κ2) is 9.08. The van der Waals surface area contributed by atoms with Gasteiger partial charge in [0.1, 0.15) is 11.3 Å². The topological polar surface area (TPSA) is 64.4 Å². The van der Waals surface area contributed by atoms with Gasteiger partial charge in [0, 0.05) is 15.7 Å². The number of aromatic nitrogens is 1. The molecule has 7 heteroatoms. The summed E-state index contributed by atoms with van der Waals surface area (Å²) >= 11 is 7.21. The molecule has 0 fully saturated rings. The van der Waals surface area contributed by atoms with Crippen LogP contribution in [0.15, 0.2) is 98.3 Å². The molecular formula is C29H18Br2N2O3. The number of nitrogens with zero attached hydrogens (tertiary/aromatic N) is 1. The summed E-state index contributed by atoms with van der Waals surface area (Å²) in [4.78, 5) is 18.0. The number of benzene rings is 5. The van der Waals surface area contributed by atoms with Crippen molar-refractivity contribution < 1.29 is 13.9 Å². The van der Waals surface area contributed by atoms with Crippen LogP contribution < -0.4 is 10.1 Å². The van der Waals surface area contributed by atoms with Crippen LogP contribution in [0.2, 0.25) is 0 Å². The van der Waals surface area contributed by atoms with Crippen LogP contribution in [-0.2, 0) is 0 Å². The summed E-state index contributed by atoms with van der Waals surface area (Å²) < 4.78 is 13.4.